The fourth-order valence-corrected chi connectivity index (χ4v) is 2.00. The SMILES string of the molecule is O=C(Nc1c(F)cccc1[N+](=O)[O-])c1cc(Br)ccc1F. The van der Waals surface area contributed by atoms with Gasteiger partial charge in [0.15, 0.2) is 11.5 Å². The monoisotopic (exact) mass is 356 g/mol. The molecule has 8 heteroatoms. The normalized spacial score (nSPS) is 10.2. The van der Waals surface area contributed by atoms with Gasteiger partial charge in [0.2, 0.25) is 0 Å². The van der Waals surface area contributed by atoms with Gasteiger partial charge in [-0.15, -0.1) is 0 Å². The van der Waals surface area contributed by atoms with Crippen LogP contribution in [0.5, 0.6) is 0 Å². The van der Waals surface area contributed by atoms with Crippen LogP contribution in [0.25, 0.3) is 0 Å². The number of benzene rings is 2. The van der Waals surface area contributed by atoms with Crippen LogP contribution in [-0.4, -0.2) is 10.8 Å². The highest BCUT2D eigenvalue weighted by Gasteiger charge is 2.22. The van der Waals surface area contributed by atoms with E-state index < -0.39 is 33.8 Å². The van der Waals surface area contributed by atoms with Gasteiger partial charge in [0, 0.05) is 10.5 Å². The summed E-state index contributed by atoms with van der Waals surface area (Å²) in [5.74, 6) is -2.79. The first-order valence-electron chi connectivity index (χ1n) is 5.59. The summed E-state index contributed by atoms with van der Waals surface area (Å²) in [6.45, 7) is 0. The second kappa shape index (κ2) is 5.96. The Bertz CT molecular complexity index is 737. The minimum Gasteiger partial charge on any atom is -0.314 e. The van der Waals surface area contributed by atoms with Gasteiger partial charge in [-0.2, -0.15) is 0 Å². The number of nitro groups is 1. The topological polar surface area (TPSA) is 72.2 Å². The van der Waals surface area contributed by atoms with Gasteiger partial charge in [-0.1, -0.05) is 22.0 Å². The van der Waals surface area contributed by atoms with E-state index in [9.17, 15) is 23.7 Å². The van der Waals surface area contributed by atoms with Gasteiger partial charge in [0.1, 0.15) is 5.82 Å². The standard InChI is InChI=1S/C13H7BrF2N2O3/c14-7-4-5-9(15)8(6-7)13(19)17-12-10(16)2-1-3-11(12)18(20)21/h1-6H,(H,17,19). The van der Waals surface area contributed by atoms with Crippen LogP contribution < -0.4 is 5.32 Å². The van der Waals surface area contributed by atoms with E-state index in [-0.39, 0.29) is 5.56 Å². The van der Waals surface area contributed by atoms with Crippen molar-refractivity contribution in [3.8, 4) is 0 Å². The zero-order valence-corrected chi connectivity index (χ0v) is 11.9. The number of hydrogen-bond acceptors (Lipinski definition) is 3. The highest BCUT2D eigenvalue weighted by atomic mass is 79.9. The maximum Gasteiger partial charge on any atom is 0.295 e. The first kappa shape index (κ1) is 15.0. The molecule has 0 aliphatic carbocycles. The molecule has 0 fully saturated rings. The number of rotatable bonds is 3. The summed E-state index contributed by atoms with van der Waals surface area (Å²) in [5, 5.41) is 12.8. The average Bonchev–Trinajstić information content (AvgIpc) is 2.43. The fourth-order valence-electron chi connectivity index (χ4n) is 1.64. The third kappa shape index (κ3) is 3.22. The van der Waals surface area contributed by atoms with Crippen molar-refractivity contribution in [3.63, 3.8) is 0 Å². The Labute approximate surface area is 125 Å². The molecule has 21 heavy (non-hydrogen) atoms. The van der Waals surface area contributed by atoms with Crippen LogP contribution >= 0.6 is 15.9 Å². The highest BCUT2D eigenvalue weighted by Crippen LogP contribution is 2.28. The van der Waals surface area contributed by atoms with Gasteiger partial charge in [0.25, 0.3) is 11.6 Å². The molecule has 0 atom stereocenters. The third-order valence-corrected chi connectivity index (χ3v) is 3.09. The van der Waals surface area contributed by atoms with E-state index in [0.29, 0.717) is 4.47 Å². The quantitative estimate of drug-likeness (QED) is 0.669. The molecule has 0 saturated heterocycles. The lowest BCUT2D eigenvalue weighted by molar-refractivity contribution is -0.384. The van der Waals surface area contributed by atoms with Crippen molar-refractivity contribution in [2.75, 3.05) is 5.32 Å². The summed E-state index contributed by atoms with van der Waals surface area (Å²) in [5.41, 5.74) is -1.58. The molecule has 0 spiro atoms. The Morgan fingerprint density at radius 3 is 2.57 bits per heavy atom. The number of hydrogen-bond donors (Lipinski definition) is 1. The molecule has 0 heterocycles. The number of nitrogens with zero attached hydrogens (tertiary/aromatic N) is 1. The number of carbonyl (C=O) groups is 1. The van der Waals surface area contributed by atoms with E-state index in [2.05, 4.69) is 15.9 Å². The highest BCUT2D eigenvalue weighted by molar-refractivity contribution is 9.10. The minimum atomic E-state index is -0.984. The predicted molar refractivity (Wildman–Crippen MR) is 75.1 cm³/mol. The first-order chi connectivity index (χ1) is 9.90. The molecule has 0 saturated carbocycles. The van der Waals surface area contributed by atoms with Crippen molar-refractivity contribution in [2.45, 2.75) is 0 Å². The number of nitrogens with one attached hydrogen (secondary N) is 1. The zero-order valence-electron chi connectivity index (χ0n) is 10.3. The number of nitro benzene ring substituents is 1. The molecule has 0 unspecified atom stereocenters. The maximum atomic E-state index is 13.6. The van der Waals surface area contributed by atoms with Gasteiger partial charge in [-0.05, 0) is 24.3 Å². The van der Waals surface area contributed by atoms with Crippen LogP contribution in [0.3, 0.4) is 0 Å². The summed E-state index contributed by atoms with van der Waals surface area (Å²) in [6, 6.07) is 6.77. The second-order valence-corrected chi connectivity index (χ2v) is 4.89. The fraction of sp³-hybridized carbons (Fsp3) is 0. The third-order valence-electron chi connectivity index (χ3n) is 2.60. The van der Waals surface area contributed by atoms with Crippen LogP contribution in [0.1, 0.15) is 10.4 Å². The summed E-state index contributed by atoms with van der Waals surface area (Å²) in [7, 11) is 0. The van der Waals surface area contributed by atoms with Gasteiger partial charge in [-0.3, -0.25) is 14.9 Å². The van der Waals surface area contributed by atoms with Crippen LogP contribution in [0.2, 0.25) is 0 Å². The van der Waals surface area contributed by atoms with Crippen molar-refractivity contribution in [2.24, 2.45) is 0 Å². The van der Waals surface area contributed by atoms with Crippen molar-refractivity contribution >= 4 is 33.2 Å². The average molecular weight is 357 g/mol. The Morgan fingerprint density at radius 2 is 1.90 bits per heavy atom. The van der Waals surface area contributed by atoms with Crippen molar-refractivity contribution in [3.05, 3.63) is 68.2 Å². The Hall–Kier alpha value is -2.35. The number of halogens is 3. The molecule has 1 N–H and O–H groups in total. The van der Waals surface area contributed by atoms with Gasteiger partial charge in [-0.25, -0.2) is 8.78 Å². The van der Waals surface area contributed by atoms with Gasteiger partial charge < -0.3 is 5.32 Å². The second-order valence-electron chi connectivity index (χ2n) is 3.97. The Morgan fingerprint density at radius 1 is 1.19 bits per heavy atom. The number of carbonyl (C=O) groups excluding carboxylic acids is 1. The van der Waals surface area contributed by atoms with E-state index in [4.69, 9.17) is 0 Å². The molecule has 2 aromatic rings. The molecular formula is C13H7BrF2N2O3. The lowest BCUT2D eigenvalue weighted by Gasteiger charge is -2.08. The summed E-state index contributed by atoms with van der Waals surface area (Å²) < 4.78 is 27.7. The molecule has 2 rings (SSSR count). The van der Waals surface area contributed by atoms with E-state index in [1.54, 1.807) is 0 Å². The van der Waals surface area contributed by atoms with E-state index in [1.165, 1.54) is 12.1 Å². The Kier molecular flexibility index (Phi) is 4.27. The zero-order chi connectivity index (χ0) is 15.6. The number of anilines is 1. The molecule has 108 valence electrons. The summed E-state index contributed by atoms with van der Waals surface area (Å²) >= 11 is 3.07. The molecular weight excluding hydrogens is 350 g/mol. The summed E-state index contributed by atoms with van der Waals surface area (Å²) in [4.78, 5) is 21.9. The van der Waals surface area contributed by atoms with Crippen LogP contribution in [0.4, 0.5) is 20.2 Å². The molecule has 2 aromatic carbocycles. The number of amides is 1. The van der Waals surface area contributed by atoms with Crippen molar-refractivity contribution in [1.29, 1.82) is 0 Å². The predicted octanol–water partition coefficient (Wildman–Crippen LogP) is 3.89. The number of para-hydroxylation sites is 1. The van der Waals surface area contributed by atoms with Crippen LogP contribution in [-0.2, 0) is 0 Å². The molecule has 5 nitrogen and oxygen atoms in total. The van der Waals surface area contributed by atoms with Crippen molar-refractivity contribution in [1.82, 2.24) is 0 Å². The lowest BCUT2D eigenvalue weighted by atomic mass is 10.2. The largest absolute Gasteiger partial charge is 0.314 e. The molecule has 0 aromatic heterocycles. The maximum absolute atomic E-state index is 13.6. The van der Waals surface area contributed by atoms with Crippen LogP contribution in [0.15, 0.2) is 40.9 Å². The summed E-state index contributed by atoms with van der Waals surface area (Å²) in [6.07, 6.45) is 0. The Balaban J connectivity index is 2.41. The molecule has 0 aliphatic rings. The van der Waals surface area contributed by atoms with Crippen molar-refractivity contribution < 1.29 is 18.5 Å². The molecule has 0 bridgehead atoms. The van der Waals surface area contributed by atoms with E-state index >= 15 is 0 Å². The smallest absolute Gasteiger partial charge is 0.295 e. The van der Waals surface area contributed by atoms with Gasteiger partial charge in [0.05, 0.1) is 10.5 Å². The van der Waals surface area contributed by atoms with E-state index in [1.807, 2.05) is 5.32 Å². The lowest BCUT2D eigenvalue weighted by Crippen LogP contribution is -2.16. The first-order valence-corrected chi connectivity index (χ1v) is 6.38. The molecule has 0 radical (unpaired) electrons. The molecule has 0 aliphatic heterocycles. The van der Waals surface area contributed by atoms with E-state index in [0.717, 1.165) is 24.3 Å². The van der Waals surface area contributed by atoms with Crippen LogP contribution in [0, 0.1) is 21.7 Å². The van der Waals surface area contributed by atoms with Gasteiger partial charge >= 0.3 is 0 Å². The molecule has 1 amide bonds. The minimum absolute atomic E-state index is 0.359.